The Hall–Kier alpha value is -2.74. The van der Waals surface area contributed by atoms with Crippen LogP contribution in [0.3, 0.4) is 0 Å². The van der Waals surface area contributed by atoms with Crippen molar-refractivity contribution in [2.45, 2.75) is 13.0 Å². The van der Waals surface area contributed by atoms with Crippen molar-refractivity contribution in [2.24, 2.45) is 0 Å². The minimum absolute atomic E-state index is 0.0443. The molecule has 1 N–H and O–H groups in total. The van der Waals surface area contributed by atoms with Gasteiger partial charge in [0.15, 0.2) is 0 Å². The van der Waals surface area contributed by atoms with Crippen LogP contribution in [0, 0.1) is 15.9 Å². The zero-order valence-corrected chi connectivity index (χ0v) is 15.0. The van der Waals surface area contributed by atoms with Gasteiger partial charge < -0.3 is 9.88 Å². The van der Waals surface area contributed by atoms with Gasteiger partial charge in [0.2, 0.25) is 0 Å². The summed E-state index contributed by atoms with van der Waals surface area (Å²) in [5.41, 5.74) is 2.32. The Balaban J connectivity index is 1.67. The molecule has 3 aromatic rings. The van der Waals surface area contributed by atoms with Gasteiger partial charge in [-0.25, -0.2) is 4.39 Å². The lowest BCUT2D eigenvalue weighted by Crippen LogP contribution is -2.36. The molecule has 6 nitrogen and oxygen atoms in total. The topological polar surface area (TPSA) is 79.2 Å². The first-order valence-corrected chi connectivity index (χ1v) is 8.75. The zero-order valence-electron chi connectivity index (χ0n) is 13.5. The van der Waals surface area contributed by atoms with Crippen LogP contribution in [0.2, 0.25) is 0 Å². The molecule has 1 aliphatic rings. The average molecular weight is 418 g/mol. The highest BCUT2D eigenvalue weighted by Crippen LogP contribution is 2.30. The molecule has 1 amide bonds. The monoisotopic (exact) mass is 417 g/mol. The van der Waals surface area contributed by atoms with Gasteiger partial charge in [-0.2, -0.15) is 0 Å². The van der Waals surface area contributed by atoms with E-state index in [-0.39, 0.29) is 24.0 Å². The van der Waals surface area contributed by atoms with E-state index in [1.165, 1.54) is 18.2 Å². The predicted molar refractivity (Wildman–Crippen MR) is 97.5 cm³/mol. The summed E-state index contributed by atoms with van der Waals surface area (Å²) in [7, 11) is 0. The summed E-state index contributed by atoms with van der Waals surface area (Å²) in [6.07, 6.45) is 2.11. The fraction of sp³-hybridized carbons (Fsp3) is 0.167. The molecule has 0 spiro atoms. The molecule has 0 radical (unpaired) electrons. The first kappa shape index (κ1) is 16.7. The van der Waals surface area contributed by atoms with Gasteiger partial charge in [-0.15, -0.1) is 0 Å². The first-order valence-electron chi connectivity index (χ1n) is 7.96. The van der Waals surface area contributed by atoms with Crippen molar-refractivity contribution in [3.63, 3.8) is 0 Å². The van der Waals surface area contributed by atoms with Gasteiger partial charge in [-0.05, 0) is 30.2 Å². The smallest absolute Gasteiger partial charge is 0.271 e. The Morgan fingerprint density at radius 3 is 2.85 bits per heavy atom. The second kappa shape index (κ2) is 6.21. The van der Waals surface area contributed by atoms with Gasteiger partial charge in [0, 0.05) is 46.8 Å². The number of carbonyl (C=O) groups excluding carboxylic acids is 1. The number of amides is 1. The average Bonchev–Trinajstić information content (AvgIpc) is 3.07. The lowest BCUT2D eigenvalue weighted by Gasteiger charge is -2.29. The fourth-order valence-corrected chi connectivity index (χ4v) is 3.91. The summed E-state index contributed by atoms with van der Waals surface area (Å²) in [6.45, 7) is 0.673. The summed E-state index contributed by atoms with van der Waals surface area (Å²) in [5, 5.41) is 11.5. The SMILES string of the molecule is O=C(c1c[nH]c2cc([N+](=O)[O-])ccc12)N1CCc2c(Br)ccc(F)c2C1. The Bertz CT molecular complexity index is 1060. The van der Waals surface area contributed by atoms with E-state index in [4.69, 9.17) is 0 Å². The second-order valence-corrected chi connectivity index (χ2v) is 7.01. The lowest BCUT2D eigenvalue weighted by molar-refractivity contribution is -0.384. The standard InChI is InChI=1S/C18H13BrFN3O3/c19-15-3-4-16(20)14-9-22(6-5-11(14)15)18(24)13-8-21-17-7-10(23(25)26)1-2-12(13)17/h1-4,7-8,21H,5-6,9H2. The molecule has 0 saturated carbocycles. The van der Waals surface area contributed by atoms with Crippen molar-refractivity contribution in [1.29, 1.82) is 0 Å². The molecule has 0 atom stereocenters. The maximum absolute atomic E-state index is 14.2. The van der Waals surface area contributed by atoms with Crippen LogP contribution < -0.4 is 0 Å². The highest BCUT2D eigenvalue weighted by Gasteiger charge is 2.27. The van der Waals surface area contributed by atoms with Crippen molar-refractivity contribution < 1.29 is 14.1 Å². The van der Waals surface area contributed by atoms with Crippen LogP contribution in [0.5, 0.6) is 0 Å². The Labute approximate surface area is 155 Å². The van der Waals surface area contributed by atoms with Crippen molar-refractivity contribution >= 4 is 38.4 Å². The van der Waals surface area contributed by atoms with E-state index < -0.39 is 4.92 Å². The Morgan fingerprint density at radius 2 is 2.08 bits per heavy atom. The summed E-state index contributed by atoms with van der Waals surface area (Å²) >= 11 is 3.43. The number of nitro groups is 1. The maximum atomic E-state index is 14.2. The Kier molecular flexibility index (Phi) is 3.99. The second-order valence-electron chi connectivity index (χ2n) is 6.15. The summed E-state index contributed by atoms with van der Waals surface area (Å²) in [6, 6.07) is 7.40. The van der Waals surface area contributed by atoms with E-state index in [0.717, 1.165) is 10.0 Å². The van der Waals surface area contributed by atoms with Gasteiger partial charge in [-0.1, -0.05) is 15.9 Å². The molecule has 8 heteroatoms. The number of H-pyrrole nitrogens is 1. The number of nitrogens with zero attached hydrogens (tertiary/aromatic N) is 2. The number of nitrogens with one attached hydrogen (secondary N) is 1. The summed E-state index contributed by atoms with van der Waals surface area (Å²) < 4.78 is 15.0. The number of hydrogen-bond donors (Lipinski definition) is 1. The third-order valence-corrected chi connectivity index (χ3v) is 5.43. The number of carbonyl (C=O) groups is 1. The van der Waals surface area contributed by atoms with Crippen LogP contribution in [-0.4, -0.2) is 27.3 Å². The summed E-state index contributed by atoms with van der Waals surface area (Å²) in [5.74, 6) is -0.551. The predicted octanol–water partition coefficient (Wildman–Crippen LogP) is 4.18. The van der Waals surface area contributed by atoms with Crippen molar-refractivity contribution in [2.75, 3.05) is 6.54 Å². The molecule has 2 heterocycles. The summed E-state index contributed by atoms with van der Waals surface area (Å²) in [4.78, 5) is 27.9. The number of hydrogen-bond acceptors (Lipinski definition) is 3. The van der Waals surface area contributed by atoms with Crippen LogP contribution >= 0.6 is 15.9 Å². The number of aromatic amines is 1. The molecule has 1 aromatic heterocycles. The van der Waals surface area contributed by atoms with Gasteiger partial charge in [0.25, 0.3) is 11.6 Å². The van der Waals surface area contributed by atoms with Gasteiger partial charge in [-0.3, -0.25) is 14.9 Å². The normalized spacial score (nSPS) is 13.7. The molecule has 0 aliphatic carbocycles. The minimum atomic E-state index is -0.482. The number of non-ortho nitro benzene ring substituents is 1. The third kappa shape index (κ3) is 2.66. The van der Waals surface area contributed by atoms with Gasteiger partial charge in [0.05, 0.1) is 16.0 Å². The molecule has 0 saturated heterocycles. The molecule has 0 bridgehead atoms. The van der Waals surface area contributed by atoms with Crippen LogP contribution in [-0.2, 0) is 13.0 Å². The molecule has 132 valence electrons. The van der Waals surface area contributed by atoms with Crippen molar-refractivity contribution in [1.82, 2.24) is 9.88 Å². The highest BCUT2D eigenvalue weighted by molar-refractivity contribution is 9.10. The van der Waals surface area contributed by atoms with E-state index >= 15 is 0 Å². The molecule has 1 aliphatic heterocycles. The third-order valence-electron chi connectivity index (χ3n) is 4.69. The van der Waals surface area contributed by atoms with Crippen LogP contribution in [0.15, 0.2) is 41.0 Å². The molecule has 0 unspecified atom stereocenters. The maximum Gasteiger partial charge on any atom is 0.271 e. The van der Waals surface area contributed by atoms with Crippen molar-refractivity contribution in [3.05, 3.63) is 73.6 Å². The highest BCUT2D eigenvalue weighted by atomic mass is 79.9. The van der Waals surface area contributed by atoms with Crippen LogP contribution in [0.4, 0.5) is 10.1 Å². The first-order chi connectivity index (χ1) is 12.5. The van der Waals surface area contributed by atoms with Crippen LogP contribution in [0.1, 0.15) is 21.5 Å². The Morgan fingerprint density at radius 1 is 1.27 bits per heavy atom. The molecular weight excluding hydrogens is 405 g/mol. The minimum Gasteiger partial charge on any atom is -0.360 e. The molecule has 2 aromatic carbocycles. The fourth-order valence-electron chi connectivity index (χ4n) is 3.34. The van der Waals surface area contributed by atoms with Gasteiger partial charge in [0.1, 0.15) is 5.82 Å². The number of fused-ring (bicyclic) bond motifs is 2. The van der Waals surface area contributed by atoms with E-state index in [2.05, 4.69) is 20.9 Å². The largest absolute Gasteiger partial charge is 0.360 e. The zero-order chi connectivity index (χ0) is 18.4. The van der Waals surface area contributed by atoms with E-state index in [1.807, 2.05) is 0 Å². The molecular formula is C18H13BrFN3O3. The number of nitro benzene ring substituents is 1. The quantitative estimate of drug-likeness (QED) is 0.501. The lowest BCUT2D eigenvalue weighted by atomic mass is 9.98. The number of benzene rings is 2. The number of halogens is 2. The molecule has 0 fully saturated rings. The molecule has 4 rings (SSSR count). The van der Waals surface area contributed by atoms with Crippen molar-refractivity contribution in [3.8, 4) is 0 Å². The molecule has 26 heavy (non-hydrogen) atoms. The number of aromatic nitrogens is 1. The van der Waals surface area contributed by atoms with E-state index in [1.54, 1.807) is 23.2 Å². The number of rotatable bonds is 2. The van der Waals surface area contributed by atoms with E-state index in [0.29, 0.717) is 35.0 Å². The van der Waals surface area contributed by atoms with Crippen LogP contribution in [0.25, 0.3) is 10.9 Å². The van der Waals surface area contributed by atoms with E-state index in [9.17, 15) is 19.3 Å². The van der Waals surface area contributed by atoms with Gasteiger partial charge >= 0.3 is 0 Å².